The van der Waals surface area contributed by atoms with Crippen LogP contribution in [0.3, 0.4) is 0 Å². The molecule has 4 aromatic rings. The molecule has 2 aliphatic heterocycles. The van der Waals surface area contributed by atoms with E-state index in [4.69, 9.17) is 9.72 Å². The fourth-order valence-corrected chi connectivity index (χ4v) is 7.33. The van der Waals surface area contributed by atoms with Crippen LogP contribution in [0.15, 0.2) is 65.8 Å². The van der Waals surface area contributed by atoms with Crippen LogP contribution in [0.25, 0.3) is 11.3 Å². The number of ether oxygens (including phenoxy) is 1. The Kier molecular flexibility index (Phi) is 14.3. The van der Waals surface area contributed by atoms with Crippen molar-refractivity contribution in [1.29, 1.82) is 0 Å². The summed E-state index contributed by atoms with van der Waals surface area (Å²) in [6.07, 6.45) is 7.05. The number of sulfonamides is 1. The van der Waals surface area contributed by atoms with Gasteiger partial charge < -0.3 is 14.5 Å². The van der Waals surface area contributed by atoms with Gasteiger partial charge in [-0.1, -0.05) is 52.0 Å². The highest BCUT2D eigenvalue weighted by molar-refractivity contribution is 7.92. The lowest BCUT2D eigenvalue weighted by atomic mass is 9.99. The number of piperidine rings is 1. The Hall–Kier alpha value is -4.65. The summed E-state index contributed by atoms with van der Waals surface area (Å²) in [5.41, 5.74) is 2.36. The monoisotopic (exact) mass is 749 g/mol. The molecular weight excluding hydrogens is 694 g/mol. The molecule has 0 spiro atoms. The van der Waals surface area contributed by atoms with Crippen LogP contribution in [-0.2, 0) is 16.6 Å². The predicted molar refractivity (Wildman–Crippen MR) is 211 cm³/mol. The second-order valence-electron chi connectivity index (χ2n) is 13.4. The van der Waals surface area contributed by atoms with Crippen LogP contribution in [0.1, 0.15) is 102 Å². The fourth-order valence-electron chi connectivity index (χ4n) is 6.34. The Labute approximate surface area is 316 Å². The van der Waals surface area contributed by atoms with Gasteiger partial charge in [0.1, 0.15) is 18.1 Å². The average Bonchev–Trinajstić information content (AvgIpc) is 3.15. The summed E-state index contributed by atoms with van der Waals surface area (Å²) in [5.74, 6) is 0.231. The van der Waals surface area contributed by atoms with E-state index in [-0.39, 0.29) is 49.7 Å². The number of aromatic nitrogens is 4. The van der Waals surface area contributed by atoms with Gasteiger partial charge in [0, 0.05) is 31.7 Å². The van der Waals surface area contributed by atoms with Crippen LogP contribution in [-0.4, -0.2) is 70.6 Å². The largest absolute Gasteiger partial charge is 0.475 e. The lowest BCUT2D eigenvalue weighted by molar-refractivity contribution is 0.0531. The number of aryl methyl sites for hydroxylation is 2. The second-order valence-corrected chi connectivity index (χ2v) is 15.1. The fraction of sp³-hybridized carbons (Fsp3) is 0.475. The molecule has 1 atom stereocenters. The highest BCUT2D eigenvalue weighted by Crippen LogP contribution is 2.31. The first-order valence-corrected chi connectivity index (χ1v) is 20.1. The molecule has 0 saturated carbocycles. The Morgan fingerprint density at radius 3 is 2.30 bits per heavy atom. The number of carbonyl (C=O) groups excluding carboxylic acids is 1. The Morgan fingerprint density at radius 1 is 0.943 bits per heavy atom. The minimum absolute atomic E-state index is 0. The van der Waals surface area contributed by atoms with E-state index in [9.17, 15) is 13.2 Å². The molecule has 2 aromatic heterocycles. The molecule has 2 aromatic carbocycles. The molecule has 288 valence electrons. The van der Waals surface area contributed by atoms with Crippen molar-refractivity contribution in [3.63, 3.8) is 0 Å². The number of hydrogen-bond acceptors (Lipinski definition) is 9. The van der Waals surface area contributed by atoms with E-state index in [2.05, 4.69) is 24.6 Å². The number of amides is 1. The highest BCUT2D eigenvalue weighted by atomic mass is 32.2. The van der Waals surface area contributed by atoms with E-state index < -0.39 is 27.6 Å². The summed E-state index contributed by atoms with van der Waals surface area (Å²) in [7, 11) is -4.22. The lowest BCUT2D eigenvalue weighted by Gasteiger charge is -2.33. The van der Waals surface area contributed by atoms with Crippen molar-refractivity contribution < 1.29 is 23.8 Å². The summed E-state index contributed by atoms with van der Waals surface area (Å²) < 4.78 is 51.2. The van der Waals surface area contributed by atoms with Crippen LogP contribution in [0.2, 0.25) is 0 Å². The third-order valence-electron chi connectivity index (χ3n) is 8.94. The standard InChI is InChI=1S/C36H42FN7O4S.2C2H6.H2/c1-24-10-8-11-25(2)33(24)30-19-32-41-35(40-30)42-49(46,47)29-13-9-12-26(18-29)34(45)44(28(23-48-32)14-15-36(3,4)37)22-27-20-38-21-31(39-27)43-16-6-5-7-17-43;2*1-2;/h8-13,18-21,28H,5-7,14-17,22-23H2,1-4H3,(H,40,41,42);2*1-2H3;1H. The van der Waals surface area contributed by atoms with Crippen LogP contribution < -0.4 is 14.4 Å². The Balaban J connectivity index is 0.00000152. The van der Waals surface area contributed by atoms with Crippen LogP contribution >= 0.6 is 0 Å². The second kappa shape index (κ2) is 18.4. The number of rotatable bonds is 7. The molecule has 13 heteroatoms. The highest BCUT2D eigenvalue weighted by Gasteiger charge is 2.31. The lowest BCUT2D eigenvalue weighted by Crippen LogP contribution is -2.44. The normalized spacial score (nSPS) is 16.9. The predicted octanol–water partition coefficient (Wildman–Crippen LogP) is 8.57. The van der Waals surface area contributed by atoms with Gasteiger partial charge in [-0.25, -0.2) is 27.5 Å². The molecule has 1 fully saturated rings. The number of halogens is 1. The summed E-state index contributed by atoms with van der Waals surface area (Å²) in [6, 6.07) is 12.7. The maximum absolute atomic E-state index is 15.0. The first-order valence-electron chi connectivity index (χ1n) is 18.6. The molecule has 4 bridgehead atoms. The number of carbonyl (C=O) groups is 1. The molecule has 1 unspecified atom stereocenters. The molecule has 6 rings (SSSR count). The summed E-state index contributed by atoms with van der Waals surface area (Å²) in [6.45, 7) is 16.7. The minimum atomic E-state index is -4.22. The van der Waals surface area contributed by atoms with Crippen molar-refractivity contribution >= 4 is 27.7 Å². The molecule has 1 saturated heterocycles. The van der Waals surface area contributed by atoms with E-state index in [0.29, 0.717) is 11.4 Å². The van der Waals surface area contributed by atoms with Crippen molar-refractivity contribution in [3.05, 3.63) is 83.3 Å². The van der Waals surface area contributed by atoms with Crippen molar-refractivity contribution in [2.75, 3.05) is 29.3 Å². The van der Waals surface area contributed by atoms with Gasteiger partial charge in [-0.3, -0.25) is 9.78 Å². The van der Waals surface area contributed by atoms with Crippen molar-refractivity contribution in [3.8, 4) is 17.1 Å². The number of fused-ring (bicyclic) bond motifs is 4. The van der Waals surface area contributed by atoms with Crippen LogP contribution in [0.4, 0.5) is 16.2 Å². The smallest absolute Gasteiger partial charge is 0.264 e. The molecule has 1 N–H and O–H groups in total. The van der Waals surface area contributed by atoms with Crippen LogP contribution in [0, 0.1) is 13.8 Å². The third-order valence-corrected chi connectivity index (χ3v) is 10.3. The van der Waals surface area contributed by atoms with E-state index in [1.54, 1.807) is 29.4 Å². The maximum Gasteiger partial charge on any atom is 0.264 e. The molecule has 11 nitrogen and oxygen atoms in total. The van der Waals surface area contributed by atoms with Gasteiger partial charge in [0.25, 0.3) is 15.9 Å². The number of benzene rings is 2. The quantitative estimate of drug-likeness (QED) is 0.197. The van der Waals surface area contributed by atoms with Crippen molar-refractivity contribution in [1.82, 2.24) is 24.8 Å². The molecule has 2 aliphatic rings. The number of nitrogens with zero attached hydrogens (tertiary/aromatic N) is 6. The van der Waals surface area contributed by atoms with Gasteiger partial charge >= 0.3 is 0 Å². The summed E-state index contributed by atoms with van der Waals surface area (Å²) in [5, 5.41) is 0. The zero-order chi connectivity index (χ0) is 38.8. The molecular formula is C40H56FN7O4S. The average molecular weight is 750 g/mol. The van der Waals surface area contributed by atoms with Gasteiger partial charge in [0.15, 0.2) is 0 Å². The Morgan fingerprint density at radius 2 is 1.62 bits per heavy atom. The first kappa shape index (κ1) is 41.1. The van der Waals surface area contributed by atoms with Gasteiger partial charge in [-0.05, 0) is 89.1 Å². The molecule has 1 amide bonds. The van der Waals surface area contributed by atoms with Gasteiger partial charge in [0.05, 0.1) is 41.3 Å². The zero-order valence-electron chi connectivity index (χ0n) is 32.3. The van der Waals surface area contributed by atoms with Gasteiger partial charge in [-0.15, -0.1) is 0 Å². The topological polar surface area (TPSA) is 131 Å². The number of nitrogens with one attached hydrogen (secondary N) is 1. The van der Waals surface area contributed by atoms with Crippen LogP contribution in [0.5, 0.6) is 5.88 Å². The minimum Gasteiger partial charge on any atom is -0.475 e. The molecule has 4 heterocycles. The van der Waals surface area contributed by atoms with Crippen molar-refractivity contribution in [2.45, 2.75) is 111 Å². The zero-order valence-corrected chi connectivity index (χ0v) is 33.1. The van der Waals surface area contributed by atoms with E-state index in [1.165, 1.54) is 38.5 Å². The summed E-state index contributed by atoms with van der Waals surface area (Å²) in [4.78, 5) is 36.4. The third kappa shape index (κ3) is 10.7. The van der Waals surface area contributed by atoms with E-state index in [1.807, 2.05) is 59.7 Å². The number of alkyl halides is 1. The van der Waals surface area contributed by atoms with Gasteiger partial charge in [-0.2, -0.15) is 4.98 Å². The first-order chi connectivity index (χ1) is 25.4. The summed E-state index contributed by atoms with van der Waals surface area (Å²) >= 11 is 0. The number of hydrogen-bond donors (Lipinski definition) is 1. The van der Waals surface area contributed by atoms with E-state index in [0.717, 1.165) is 48.4 Å². The Bertz CT molecular complexity index is 1930. The SMILES string of the molecule is CC.CC.Cc1cccc(C)c1-c1cc2nc(n1)NS(=O)(=O)c1cccc(c1)C(=O)N(Cc1cncc(N3CCCCC3)n1)C(CCC(C)(C)F)CO2.[HH]. The maximum atomic E-state index is 15.0. The van der Waals surface area contributed by atoms with E-state index >= 15 is 4.39 Å². The number of anilines is 2. The molecule has 53 heavy (non-hydrogen) atoms. The molecule has 0 aliphatic carbocycles. The van der Waals surface area contributed by atoms with Gasteiger partial charge in [0.2, 0.25) is 11.8 Å². The molecule has 0 radical (unpaired) electrons. The van der Waals surface area contributed by atoms with Crippen molar-refractivity contribution in [2.24, 2.45) is 0 Å².